The Kier molecular flexibility index (Phi) is 6.52. The van der Waals surface area contributed by atoms with Crippen LogP contribution in [0.3, 0.4) is 0 Å². The van der Waals surface area contributed by atoms with Crippen LogP contribution in [0.5, 0.6) is 5.75 Å². The molecule has 2 N–H and O–H groups in total. The zero-order chi connectivity index (χ0) is 15.1. The second kappa shape index (κ2) is 8.40. The molecule has 0 saturated heterocycles. The van der Waals surface area contributed by atoms with Crippen molar-refractivity contribution in [1.82, 2.24) is 5.32 Å². The number of benzene rings is 1. The molecule has 0 bridgehead atoms. The quantitative estimate of drug-likeness (QED) is 0.790. The van der Waals surface area contributed by atoms with Crippen LogP contribution in [0.4, 0.5) is 0 Å². The summed E-state index contributed by atoms with van der Waals surface area (Å²) in [5.74, 6) is 1.54. The van der Waals surface area contributed by atoms with Crippen molar-refractivity contribution in [3.05, 3.63) is 29.8 Å². The Morgan fingerprint density at radius 1 is 1.29 bits per heavy atom. The van der Waals surface area contributed by atoms with Gasteiger partial charge in [0.15, 0.2) is 0 Å². The van der Waals surface area contributed by atoms with Crippen LogP contribution in [-0.2, 0) is 0 Å². The van der Waals surface area contributed by atoms with E-state index in [0.717, 1.165) is 5.75 Å². The first-order valence-electron chi connectivity index (χ1n) is 8.26. The predicted octanol–water partition coefficient (Wildman–Crippen LogP) is 3.29. The Bertz CT molecular complexity index is 421. The second-order valence-corrected chi connectivity index (χ2v) is 6.41. The molecular weight excluding hydrogens is 262 g/mol. The van der Waals surface area contributed by atoms with Gasteiger partial charge in [-0.3, -0.25) is 0 Å². The molecule has 0 aliphatic heterocycles. The predicted molar refractivity (Wildman–Crippen MR) is 86.7 cm³/mol. The molecule has 3 heteroatoms. The number of ether oxygens (including phenoxy) is 1. The Morgan fingerprint density at radius 3 is 2.90 bits per heavy atom. The van der Waals surface area contributed by atoms with Crippen LogP contribution in [0.1, 0.15) is 44.6 Å². The average molecular weight is 291 g/mol. The SMILES string of the molecule is Cc1cccc(OCC(O)CNC2CCCCCC2C)c1. The fourth-order valence-corrected chi connectivity index (χ4v) is 3.04. The topological polar surface area (TPSA) is 41.5 Å². The number of rotatable bonds is 6. The lowest BCUT2D eigenvalue weighted by Crippen LogP contribution is -2.40. The van der Waals surface area contributed by atoms with Crippen molar-refractivity contribution < 1.29 is 9.84 Å². The standard InChI is InChI=1S/C18H29NO2/c1-14-7-6-9-17(11-14)21-13-16(20)12-19-18-10-5-3-4-8-15(18)2/h6-7,9,11,15-16,18-20H,3-5,8,10,12-13H2,1-2H3. The van der Waals surface area contributed by atoms with Crippen LogP contribution in [0.2, 0.25) is 0 Å². The van der Waals surface area contributed by atoms with Gasteiger partial charge in [-0.05, 0) is 43.4 Å². The summed E-state index contributed by atoms with van der Waals surface area (Å²) in [6, 6.07) is 8.48. The first-order valence-corrected chi connectivity index (χ1v) is 8.26. The number of hydrogen-bond donors (Lipinski definition) is 2. The highest BCUT2D eigenvalue weighted by atomic mass is 16.5. The molecule has 1 fully saturated rings. The number of nitrogens with one attached hydrogen (secondary N) is 1. The van der Waals surface area contributed by atoms with Crippen LogP contribution in [0, 0.1) is 12.8 Å². The van der Waals surface area contributed by atoms with Crippen LogP contribution in [0.25, 0.3) is 0 Å². The average Bonchev–Trinajstić information content (AvgIpc) is 2.67. The van der Waals surface area contributed by atoms with Gasteiger partial charge in [0, 0.05) is 12.6 Å². The van der Waals surface area contributed by atoms with Crippen LogP contribution >= 0.6 is 0 Å². The fraction of sp³-hybridized carbons (Fsp3) is 0.667. The van der Waals surface area contributed by atoms with Crippen molar-refractivity contribution in [3.63, 3.8) is 0 Å². The summed E-state index contributed by atoms with van der Waals surface area (Å²) < 4.78 is 5.65. The second-order valence-electron chi connectivity index (χ2n) is 6.41. The third kappa shape index (κ3) is 5.68. The molecule has 0 heterocycles. The van der Waals surface area contributed by atoms with E-state index in [0.29, 0.717) is 25.1 Å². The summed E-state index contributed by atoms with van der Waals surface area (Å²) in [6.45, 7) is 5.31. The molecule has 1 aromatic carbocycles. The molecule has 0 amide bonds. The van der Waals surface area contributed by atoms with Gasteiger partial charge < -0.3 is 15.2 Å². The zero-order valence-electron chi connectivity index (χ0n) is 13.3. The van der Waals surface area contributed by atoms with Crippen molar-refractivity contribution in [2.75, 3.05) is 13.2 Å². The monoisotopic (exact) mass is 291 g/mol. The lowest BCUT2D eigenvalue weighted by atomic mass is 9.97. The largest absolute Gasteiger partial charge is 0.491 e. The highest BCUT2D eigenvalue weighted by Crippen LogP contribution is 2.22. The minimum absolute atomic E-state index is 0.345. The van der Waals surface area contributed by atoms with E-state index in [1.807, 2.05) is 31.2 Å². The Morgan fingerprint density at radius 2 is 2.10 bits per heavy atom. The molecular formula is C18H29NO2. The molecule has 3 atom stereocenters. The van der Waals surface area contributed by atoms with Gasteiger partial charge >= 0.3 is 0 Å². The third-order valence-corrected chi connectivity index (χ3v) is 4.41. The molecule has 0 spiro atoms. The molecule has 3 nitrogen and oxygen atoms in total. The van der Waals surface area contributed by atoms with Gasteiger partial charge in [-0.15, -0.1) is 0 Å². The zero-order valence-corrected chi connectivity index (χ0v) is 13.3. The molecule has 1 aliphatic rings. The van der Waals surface area contributed by atoms with Gasteiger partial charge in [-0.25, -0.2) is 0 Å². The summed E-state index contributed by atoms with van der Waals surface area (Å²) in [6.07, 6.45) is 6.07. The molecule has 0 radical (unpaired) electrons. The van der Waals surface area contributed by atoms with E-state index in [-0.39, 0.29) is 0 Å². The molecule has 1 aliphatic carbocycles. The number of aliphatic hydroxyl groups excluding tert-OH is 1. The Balaban J connectivity index is 1.70. The van der Waals surface area contributed by atoms with E-state index in [2.05, 4.69) is 12.2 Å². The van der Waals surface area contributed by atoms with E-state index < -0.39 is 6.10 Å². The number of hydrogen-bond acceptors (Lipinski definition) is 3. The summed E-state index contributed by atoms with van der Waals surface area (Å²) >= 11 is 0. The minimum atomic E-state index is -0.457. The Hall–Kier alpha value is -1.06. The van der Waals surface area contributed by atoms with Crippen LogP contribution < -0.4 is 10.1 Å². The van der Waals surface area contributed by atoms with Gasteiger partial charge in [0.2, 0.25) is 0 Å². The van der Waals surface area contributed by atoms with Crippen molar-refractivity contribution in [2.24, 2.45) is 5.92 Å². The molecule has 2 rings (SSSR count). The number of aryl methyl sites for hydroxylation is 1. The van der Waals surface area contributed by atoms with E-state index in [4.69, 9.17) is 4.74 Å². The fourth-order valence-electron chi connectivity index (χ4n) is 3.04. The smallest absolute Gasteiger partial charge is 0.119 e. The molecule has 1 aromatic rings. The van der Waals surface area contributed by atoms with Gasteiger partial charge in [-0.2, -0.15) is 0 Å². The summed E-state index contributed by atoms with van der Waals surface area (Å²) in [5, 5.41) is 13.6. The molecule has 0 aromatic heterocycles. The number of aliphatic hydroxyl groups is 1. The van der Waals surface area contributed by atoms with Crippen LogP contribution in [-0.4, -0.2) is 30.4 Å². The lowest BCUT2D eigenvalue weighted by molar-refractivity contribution is 0.101. The van der Waals surface area contributed by atoms with Crippen molar-refractivity contribution in [2.45, 2.75) is 58.1 Å². The maximum absolute atomic E-state index is 10.1. The lowest BCUT2D eigenvalue weighted by Gasteiger charge is -2.24. The van der Waals surface area contributed by atoms with Crippen molar-refractivity contribution >= 4 is 0 Å². The van der Waals surface area contributed by atoms with E-state index in [1.54, 1.807) is 0 Å². The molecule has 3 unspecified atom stereocenters. The summed E-state index contributed by atoms with van der Waals surface area (Å²) in [5.41, 5.74) is 1.17. The summed E-state index contributed by atoms with van der Waals surface area (Å²) in [4.78, 5) is 0. The molecule has 118 valence electrons. The van der Waals surface area contributed by atoms with Gasteiger partial charge in [-0.1, -0.05) is 38.3 Å². The van der Waals surface area contributed by atoms with E-state index >= 15 is 0 Å². The highest BCUT2D eigenvalue weighted by Gasteiger charge is 2.20. The normalized spacial score (nSPS) is 24.3. The van der Waals surface area contributed by atoms with E-state index in [9.17, 15) is 5.11 Å². The third-order valence-electron chi connectivity index (χ3n) is 4.41. The molecule has 21 heavy (non-hydrogen) atoms. The first-order chi connectivity index (χ1) is 10.1. The van der Waals surface area contributed by atoms with Crippen molar-refractivity contribution in [1.29, 1.82) is 0 Å². The van der Waals surface area contributed by atoms with Gasteiger partial charge in [0.05, 0.1) is 0 Å². The Labute approximate surface area is 128 Å². The van der Waals surface area contributed by atoms with Crippen molar-refractivity contribution in [3.8, 4) is 5.75 Å². The van der Waals surface area contributed by atoms with E-state index in [1.165, 1.54) is 37.7 Å². The molecule has 1 saturated carbocycles. The first kappa shape index (κ1) is 16.3. The van der Waals surface area contributed by atoms with Gasteiger partial charge in [0.1, 0.15) is 18.5 Å². The van der Waals surface area contributed by atoms with Crippen LogP contribution in [0.15, 0.2) is 24.3 Å². The van der Waals surface area contributed by atoms with Gasteiger partial charge in [0.25, 0.3) is 0 Å². The maximum Gasteiger partial charge on any atom is 0.119 e. The maximum atomic E-state index is 10.1. The highest BCUT2D eigenvalue weighted by molar-refractivity contribution is 5.27. The minimum Gasteiger partial charge on any atom is -0.491 e. The summed E-state index contributed by atoms with van der Waals surface area (Å²) in [7, 11) is 0.